The summed E-state index contributed by atoms with van der Waals surface area (Å²) in [4.78, 5) is 9.41. The number of nitrogens with zero attached hydrogens (tertiary/aromatic N) is 1. The first kappa shape index (κ1) is 9.38. The first-order valence-corrected chi connectivity index (χ1v) is 3.67. The van der Waals surface area contributed by atoms with Crippen molar-refractivity contribution in [2.24, 2.45) is 0 Å². The van der Waals surface area contributed by atoms with Gasteiger partial charge < -0.3 is 0 Å². The third-order valence-corrected chi connectivity index (χ3v) is 1.57. The topological polar surface area (TPSA) is 43.1 Å². The van der Waals surface area contributed by atoms with Crippen LogP contribution in [-0.2, 0) is 0 Å². The lowest BCUT2D eigenvalue weighted by atomic mass is 10.1. The molecule has 0 aliphatic heterocycles. The van der Waals surface area contributed by atoms with Gasteiger partial charge in [0.05, 0.1) is 4.92 Å². The van der Waals surface area contributed by atoms with Gasteiger partial charge in [0.15, 0.2) is 0 Å². The molecule has 0 radical (unpaired) electrons. The molecule has 0 bridgehead atoms. The molecule has 1 rings (SSSR count). The van der Waals surface area contributed by atoms with Gasteiger partial charge in [-0.15, -0.1) is 0 Å². The van der Waals surface area contributed by atoms with Crippen molar-refractivity contribution in [3.8, 4) is 0 Å². The molecule has 1 aromatic rings. The number of aryl methyl sites for hydroxylation is 1. The summed E-state index contributed by atoms with van der Waals surface area (Å²) in [6, 6.07) is 4.33. The molecule has 0 unspecified atom stereocenters. The van der Waals surface area contributed by atoms with Gasteiger partial charge in [-0.05, 0) is 30.2 Å². The Labute approximate surface area is 74.7 Å². The second kappa shape index (κ2) is 3.80. The number of nitro groups is 1. The van der Waals surface area contributed by atoms with E-state index in [1.807, 2.05) is 0 Å². The normalized spacial score (nSPS) is 10.6. The Bertz CT molecular complexity index is 361. The lowest BCUT2D eigenvalue weighted by Gasteiger charge is -1.96. The lowest BCUT2D eigenvalue weighted by molar-refractivity contribution is -0.400. The van der Waals surface area contributed by atoms with E-state index in [-0.39, 0.29) is 5.82 Å². The standard InChI is InChI=1S/C9H8FNO2/c1-7-6-8(2-3-9(7)10)4-5-11(12)13/h2-6H,1H3. The van der Waals surface area contributed by atoms with E-state index in [1.165, 1.54) is 18.2 Å². The second-order valence-electron chi connectivity index (χ2n) is 2.61. The average molecular weight is 181 g/mol. The zero-order chi connectivity index (χ0) is 9.84. The molecule has 0 atom stereocenters. The van der Waals surface area contributed by atoms with Gasteiger partial charge in [0.25, 0.3) is 0 Å². The summed E-state index contributed by atoms with van der Waals surface area (Å²) < 4.78 is 12.7. The largest absolute Gasteiger partial charge is 0.259 e. The van der Waals surface area contributed by atoms with E-state index < -0.39 is 4.92 Å². The van der Waals surface area contributed by atoms with Crippen LogP contribution in [0.2, 0.25) is 0 Å². The molecule has 0 saturated heterocycles. The van der Waals surface area contributed by atoms with Crippen LogP contribution in [0, 0.1) is 22.9 Å². The van der Waals surface area contributed by atoms with E-state index in [4.69, 9.17) is 0 Å². The summed E-state index contributed by atoms with van der Waals surface area (Å²) in [7, 11) is 0. The van der Waals surface area contributed by atoms with E-state index in [0.29, 0.717) is 11.1 Å². The number of rotatable bonds is 2. The van der Waals surface area contributed by atoms with Crippen molar-refractivity contribution in [2.75, 3.05) is 0 Å². The molecular formula is C9H8FNO2. The number of benzene rings is 1. The molecule has 13 heavy (non-hydrogen) atoms. The molecule has 0 aromatic heterocycles. The van der Waals surface area contributed by atoms with Crippen molar-refractivity contribution in [3.05, 3.63) is 51.5 Å². The van der Waals surface area contributed by atoms with Crippen LogP contribution in [0.5, 0.6) is 0 Å². The van der Waals surface area contributed by atoms with Gasteiger partial charge >= 0.3 is 0 Å². The van der Waals surface area contributed by atoms with Crippen molar-refractivity contribution in [2.45, 2.75) is 6.92 Å². The van der Waals surface area contributed by atoms with E-state index in [2.05, 4.69) is 0 Å². The minimum Gasteiger partial charge on any atom is -0.259 e. The van der Waals surface area contributed by atoms with E-state index in [9.17, 15) is 14.5 Å². The van der Waals surface area contributed by atoms with Crippen LogP contribution in [0.25, 0.3) is 6.08 Å². The molecule has 0 N–H and O–H groups in total. The third-order valence-electron chi connectivity index (χ3n) is 1.57. The van der Waals surface area contributed by atoms with Crippen molar-refractivity contribution >= 4 is 6.08 Å². The molecule has 0 amide bonds. The van der Waals surface area contributed by atoms with Gasteiger partial charge in [-0.2, -0.15) is 0 Å². The monoisotopic (exact) mass is 181 g/mol. The van der Waals surface area contributed by atoms with Crippen molar-refractivity contribution in [1.82, 2.24) is 0 Å². The minimum atomic E-state index is -0.557. The second-order valence-corrected chi connectivity index (χ2v) is 2.61. The zero-order valence-electron chi connectivity index (χ0n) is 7.03. The summed E-state index contributed by atoms with van der Waals surface area (Å²) in [5, 5.41) is 9.97. The highest BCUT2D eigenvalue weighted by Gasteiger charge is 1.96. The maximum Gasteiger partial charge on any atom is 0.235 e. The van der Waals surface area contributed by atoms with Gasteiger partial charge in [-0.3, -0.25) is 10.1 Å². The molecule has 0 aliphatic carbocycles. The first-order chi connectivity index (χ1) is 6.09. The van der Waals surface area contributed by atoms with Crippen molar-refractivity contribution in [1.29, 1.82) is 0 Å². The highest BCUT2D eigenvalue weighted by atomic mass is 19.1. The Morgan fingerprint density at radius 3 is 2.77 bits per heavy atom. The molecule has 0 saturated carbocycles. The Kier molecular flexibility index (Phi) is 2.74. The van der Waals surface area contributed by atoms with Gasteiger partial charge in [0.2, 0.25) is 6.20 Å². The maximum absolute atomic E-state index is 12.7. The van der Waals surface area contributed by atoms with Crippen molar-refractivity contribution < 1.29 is 9.31 Å². The van der Waals surface area contributed by atoms with Crippen LogP contribution in [0.4, 0.5) is 4.39 Å². The average Bonchev–Trinajstić information content (AvgIpc) is 2.07. The van der Waals surface area contributed by atoms with E-state index in [1.54, 1.807) is 13.0 Å². The SMILES string of the molecule is Cc1cc(C=C[N+](=O)[O-])ccc1F. The molecule has 1 aromatic carbocycles. The molecule has 68 valence electrons. The summed E-state index contributed by atoms with van der Waals surface area (Å²) in [5.74, 6) is -0.307. The van der Waals surface area contributed by atoms with Crippen LogP contribution >= 0.6 is 0 Å². The Balaban J connectivity index is 2.92. The first-order valence-electron chi connectivity index (χ1n) is 3.67. The van der Waals surface area contributed by atoms with Crippen LogP contribution in [-0.4, -0.2) is 4.92 Å². The molecule has 0 heterocycles. The third kappa shape index (κ3) is 2.66. The van der Waals surface area contributed by atoms with E-state index in [0.717, 1.165) is 6.20 Å². The summed E-state index contributed by atoms with van der Waals surface area (Å²) in [6.07, 6.45) is 2.15. The molecule has 0 aliphatic rings. The minimum absolute atomic E-state index is 0.307. The highest BCUT2D eigenvalue weighted by Crippen LogP contribution is 2.10. The Hall–Kier alpha value is -1.71. The Morgan fingerprint density at radius 1 is 1.54 bits per heavy atom. The quantitative estimate of drug-likeness (QED) is 0.519. The molecular weight excluding hydrogens is 173 g/mol. The lowest BCUT2D eigenvalue weighted by Crippen LogP contribution is -1.85. The summed E-state index contributed by atoms with van der Waals surface area (Å²) in [5.41, 5.74) is 1.10. The predicted molar refractivity (Wildman–Crippen MR) is 47.2 cm³/mol. The number of hydrogen-bond acceptors (Lipinski definition) is 2. The maximum atomic E-state index is 12.7. The number of hydrogen-bond donors (Lipinski definition) is 0. The van der Waals surface area contributed by atoms with E-state index >= 15 is 0 Å². The predicted octanol–water partition coefficient (Wildman–Crippen LogP) is 2.38. The summed E-state index contributed by atoms with van der Waals surface area (Å²) >= 11 is 0. The van der Waals surface area contributed by atoms with Crippen LogP contribution in [0.3, 0.4) is 0 Å². The molecule has 4 heteroatoms. The smallest absolute Gasteiger partial charge is 0.235 e. The number of halogens is 1. The van der Waals surface area contributed by atoms with Gasteiger partial charge in [0, 0.05) is 6.08 Å². The molecule has 3 nitrogen and oxygen atoms in total. The fourth-order valence-corrected chi connectivity index (χ4v) is 0.918. The summed E-state index contributed by atoms with van der Waals surface area (Å²) in [6.45, 7) is 1.61. The fourth-order valence-electron chi connectivity index (χ4n) is 0.918. The molecule has 0 spiro atoms. The van der Waals surface area contributed by atoms with Gasteiger partial charge in [-0.25, -0.2) is 4.39 Å². The van der Waals surface area contributed by atoms with Crippen LogP contribution in [0.15, 0.2) is 24.4 Å². The van der Waals surface area contributed by atoms with Crippen LogP contribution in [0.1, 0.15) is 11.1 Å². The fraction of sp³-hybridized carbons (Fsp3) is 0.111. The van der Waals surface area contributed by atoms with Crippen LogP contribution < -0.4 is 0 Å². The zero-order valence-corrected chi connectivity index (χ0v) is 7.03. The highest BCUT2D eigenvalue weighted by molar-refractivity contribution is 5.49. The van der Waals surface area contributed by atoms with Gasteiger partial charge in [0.1, 0.15) is 5.82 Å². The Morgan fingerprint density at radius 2 is 2.23 bits per heavy atom. The van der Waals surface area contributed by atoms with Gasteiger partial charge in [-0.1, -0.05) is 6.07 Å². The van der Waals surface area contributed by atoms with Crippen molar-refractivity contribution in [3.63, 3.8) is 0 Å². The molecule has 0 fully saturated rings.